The van der Waals surface area contributed by atoms with Gasteiger partial charge in [-0.25, -0.2) is 4.98 Å². The molecular weight excluding hydrogens is 234 g/mol. The highest BCUT2D eigenvalue weighted by Gasteiger charge is 2.19. The highest BCUT2D eigenvalue weighted by molar-refractivity contribution is 7.09. The number of nitrogens with zero attached hydrogens (tertiary/aromatic N) is 1. The van der Waals surface area contributed by atoms with E-state index in [1.807, 2.05) is 31.4 Å². The van der Waals surface area contributed by atoms with Crippen LogP contribution < -0.4 is 4.74 Å². The zero-order chi connectivity index (χ0) is 12.4. The molecule has 1 heterocycles. The Bertz CT molecular complexity index is 508. The van der Waals surface area contributed by atoms with E-state index in [0.29, 0.717) is 5.01 Å². The van der Waals surface area contributed by atoms with Crippen LogP contribution in [-0.2, 0) is 0 Å². The Morgan fingerprint density at radius 2 is 2.12 bits per heavy atom. The second-order valence-electron chi connectivity index (χ2n) is 3.90. The van der Waals surface area contributed by atoms with Crippen LogP contribution in [0.15, 0.2) is 23.7 Å². The van der Waals surface area contributed by atoms with E-state index in [9.17, 15) is 5.11 Å². The van der Waals surface area contributed by atoms with Crippen LogP contribution in [0.2, 0.25) is 0 Å². The Labute approximate surface area is 105 Å². The first-order valence-corrected chi connectivity index (χ1v) is 6.24. The summed E-state index contributed by atoms with van der Waals surface area (Å²) in [6.07, 6.45) is 0.973. The molecule has 0 amide bonds. The van der Waals surface area contributed by atoms with Crippen LogP contribution >= 0.6 is 11.3 Å². The Kier molecular flexibility index (Phi) is 3.45. The van der Waals surface area contributed by atoms with Gasteiger partial charge in [-0.1, -0.05) is 12.1 Å². The van der Waals surface area contributed by atoms with Crippen LogP contribution in [0, 0.1) is 13.8 Å². The summed E-state index contributed by atoms with van der Waals surface area (Å²) in [5, 5.41) is 12.8. The largest absolute Gasteiger partial charge is 0.496 e. The van der Waals surface area contributed by atoms with E-state index in [1.165, 1.54) is 11.3 Å². The fraction of sp³-hybridized carbons (Fsp3) is 0.308. The van der Waals surface area contributed by atoms with Gasteiger partial charge in [0, 0.05) is 17.1 Å². The van der Waals surface area contributed by atoms with Crippen LogP contribution in [0.3, 0.4) is 0 Å². The third kappa shape index (κ3) is 2.18. The topological polar surface area (TPSA) is 42.4 Å². The minimum atomic E-state index is -0.718. The SMILES string of the molecule is COc1c(C(O)c2nccs2)ccc(C)c1C. The molecule has 90 valence electrons. The molecule has 1 atom stereocenters. The molecule has 2 rings (SSSR count). The fourth-order valence-corrected chi connectivity index (χ4v) is 2.44. The van der Waals surface area contributed by atoms with Gasteiger partial charge in [-0.2, -0.15) is 0 Å². The summed E-state index contributed by atoms with van der Waals surface area (Å²) in [6, 6.07) is 3.89. The molecule has 4 heteroatoms. The van der Waals surface area contributed by atoms with Crippen molar-refractivity contribution in [3.63, 3.8) is 0 Å². The van der Waals surface area contributed by atoms with E-state index in [1.54, 1.807) is 13.3 Å². The summed E-state index contributed by atoms with van der Waals surface area (Å²) >= 11 is 1.44. The van der Waals surface area contributed by atoms with Gasteiger partial charge < -0.3 is 9.84 Å². The number of benzene rings is 1. The molecule has 0 bridgehead atoms. The van der Waals surface area contributed by atoms with Crippen LogP contribution in [0.5, 0.6) is 5.75 Å². The van der Waals surface area contributed by atoms with E-state index in [2.05, 4.69) is 4.98 Å². The van der Waals surface area contributed by atoms with Gasteiger partial charge in [0.1, 0.15) is 16.9 Å². The maximum absolute atomic E-state index is 10.3. The van der Waals surface area contributed by atoms with Crippen LogP contribution in [-0.4, -0.2) is 17.2 Å². The molecule has 0 aliphatic rings. The van der Waals surface area contributed by atoms with Crippen LogP contribution in [0.4, 0.5) is 0 Å². The maximum atomic E-state index is 10.3. The summed E-state index contributed by atoms with van der Waals surface area (Å²) in [4.78, 5) is 4.13. The lowest BCUT2D eigenvalue weighted by Crippen LogP contribution is -2.04. The molecule has 0 saturated carbocycles. The number of hydrogen-bond donors (Lipinski definition) is 1. The monoisotopic (exact) mass is 249 g/mol. The summed E-state index contributed by atoms with van der Waals surface area (Å²) in [6.45, 7) is 4.02. The lowest BCUT2D eigenvalue weighted by atomic mass is 10.0. The van der Waals surface area contributed by atoms with Crippen LogP contribution in [0.1, 0.15) is 27.8 Å². The fourth-order valence-electron chi connectivity index (χ4n) is 1.80. The van der Waals surface area contributed by atoms with E-state index in [4.69, 9.17) is 4.74 Å². The molecule has 0 fully saturated rings. The van der Waals surface area contributed by atoms with Crippen LogP contribution in [0.25, 0.3) is 0 Å². The van der Waals surface area contributed by atoms with Gasteiger partial charge >= 0.3 is 0 Å². The number of aliphatic hydroxyl groups excluding tert-OH is 1. The molecule has 1 unspecified atom stereocenters. The Balaban J connectivity index is 2.49. The molecule has 1 aromatic carbocycles. The van der Waals surface area contributed by atoms with Gasteiger partial charge in [-0.15, -0.1) is 11.3 Å². The smallest absolute Gasteiger partial charge is 0.134 e. The number of aryl methyl sites for hydroxylation is 1. The van der Waals surface area contributed by atoms with Gasteiger partial charge in [0.25, 0.3) is 0 Å². The average Bonchev–Trinajstić information content (AvgIpc) is 2.85. The second kappa shape index (κ2) is 4.85. The summed E-state index contributed by atoms with van der Waals surface area (Å²) in [5.74, 6) is 0.743. The average molecular weight is 249 g/mol. The van der Waals surface area contributed by atoms with Gasteiger partial charge in [0.2, 0.25) is 0 Å². The van der Waals surface area contributed by atoms with Crippen molar-refractivity contribution in [2.24, 2.45) is 0 Å². The molecule has 0 aliphatic carbocycles. The normalized spacial score (nSPS) is 12.5. The summed E-state index contributed by atoms with van der Waals surface area (Å²) < 4.78 is 5.39. The van der Waals surface area contributed by atoms with E-state index < -0.39 is 6.10 Å². The third-order valence-electron chi connectivity index (χ3n) is 2.89. The number of hydrogen-bond acceptors (Lipinski definition) is 4. The van der Waals surface area contributed by atoms with E-state index >= 15 is 0 Å². The molecule has 0 saturated heterocycles. The number of thiazole rings is 1. The van der Waals surface area contributed by atoms with Crippen molar-refractivity contribution in [2.45, 2.75) is 20.0 Å². The van der Waals surface area contributed by atoms with Crippen molar-refractivity contribution in [3.8, 4) is 5.75 Å². The first-order chi connectivity index (χ1) is 8.15. The molecule has 1 aromatic heterocycles. The highest BCUT2D eigenvalue weighted by atomic mass is 32.1. The molecule has 2 aromatic rings. The standard InChI is InChI=1S/C13H15NO2S/c1-8-4-5-10(12(16-3)9(8)2)11(15)13-14-6-7-17-13/h4-7,11,15H,1-3H3. The number of aromatic nitrogens is 1. The highest BCUT2D eigenvalue weighted by Crippen LogP contribution is 2.34. The number of ether oxygens (including phenoxy) is 1. The number of methoxy groups -OCH3 is 1. The van der Waals surface area contributed by atoms with E-state index in [0.717, 1.165) is 22.4 Å². The maximum Gasteiger partial charge on any atom is 0.134 e. The number of rotatable bonds is 3. The van der Waals surface area contributed by atoms with Crippen molar-refractivity contribution >= 4 is 11.3 Å². The van der Waals surface area contributed by atoms with Crippen molar-refractivity contribution in [3.05, 3.63) is 45.4 Å². The zero-order valence-corrected chi connectivity index (χ0v) is 10.9. The second-order valence-corrected chi connectivity index (χ2v) is 4.83. The lowest BCUT2D eigenvalue weighted by molar-refractivity contribution is 0.214. The summed E-state index contributed by atoms with van der Waals surface area (Å²) in [5.41, 5.74) is 2.98. The lowest BCUT2D eigenvalue weighted by Gasteiger charge is -2.16. The predicted octanol–water partition coefficient (Wildman–Crippen LogP) is 2.85. The van der Waals surface area contributed by atoms with Gasteiger partial charge in [0.05, 0.1) is 7.11 Å². The Morgan fingerprint density at radius 3 is 2.71 bits per heavy atom. The van der Waals surface area contributed by atoms with Gasteiger partial charge in [0.15, 0.2) is 0 Å². The molecule has 17 heavy (non-hydrogen) atoms. The first kappa shape index (κ1) is 12.1. The quantitative estimate of drug-likeness (QED) is 0.909. The Morgan fingerprint density at radius 1 is 1.35 bits per heavy atom. The molecular formula is C13H15NO2S. The molecule has 0 radical (unpaired) electrons. The van der Waals surface area contributed by atoms with Crippen molar-refractivity contribution in [1.82, 2.24) is 4.98 Å². The molecule has 3 nitrogen and oxygen atoms in total. The minimum absolute atomic E-state index is 0.687. The van der Waals surface area contributed by atoms with Gasteiger partial charge in [-0.05, 0) is 25.0 Å². The third-order valence-corrected chi connectivity index (χ3v) is 3.72. The Hall–Kier alpha value is -1.39. The molecule has 0 aliphatic heterocycles. The first-order valence-electron chi connectivity index (χ1n) is 5.36. The van der Waals surface area contributed by atoms with Crippen molar-refractivity contribution in [2.75, 3.05) is 7.11 Å². The number of aliphatic hydroxyl groups is 1. The summed E-state index contributed by atoms with van der Waals surface area (Å²) in [7, 11) is 1.62. The minimum Gasteiger partial charge on any atom is -0.496 e. The predicted molar refractivity (Wildman–Crippen MR) is 68.6 cm³/mol. The van der Waals surface area contributed by atoms with Gasteiger partial charge in [-0.3, -0.25) is 0 Å². The zero-order valence-electron chi connectivity index (χ0n) is 10.1. The molecule has 1 N–H and O–H groups in total. The van der Waals surface area contributed by atoms with Crippen molar-refractivity contribution < 1.29 is 9.84 Å². The van der Waals surface area contributed by atoms with E-state index in [-0.39, 0.29) is 0 Å². The van der Waals surface area contributed by atoms with Crippen molar-refractivity contribution in [1.29, 1.82) is 0 Å². The molecule has 0 spiro atoms.